The summed E-state index contributed by atoms with van der Waals surface area (Å²) in [4.78, 5) is 20.9. The molecule has 1 fully saturated rings. The molecule has 0 spiro atoms. The summed E-state index contributed by atoms with van der Waals surface area (Å²) in [6.45, 7) is 4.35. The Morgan fingerprint density at radius 3 is 2.68 bits per heavy atom. The highest BCUT2D eigenvalue weighted by atomic mass is 32.1. The van der Waals surface area contributed by atoms with Crippen LogP contribution in [0.3, 0.4) is 0 Å². The standard InChI is InChI=1S/C31H35N3O2S/c1-3-28(22-10-5-4-6-11-22)32-30(35)18-26-25-13-7-8-14-29(25)33-31(23-15-17-37-21-23)27(26)20-36-19-24-12-9-16-34(24)2/h4-8,10-11,13-15,17,21,24,28H,3,9,12,16,18-20H2,1-2H3,(H,32,35)/t24-,28-/m0/s1. The number of nitrogens with zero attached hydrogens (tertiary/aromatic N) is 2. The molecule has 1 saturated heterocycles. The molecule has 2 aromatic heterocycles. The largest absolute Gasteiger partial charge is 0.375 e. The van der Waals surface area contributed by atoms with E-state index in [9.17, 15) is 4.79 Å². The SMILES string of the molecule is CC[C@H](NC(=O)Cc1c(COC[C@@H]2CCCN2C)c(-c2ccsc2)nc2ccccc12)c1ccccc1. The molecule has 6 heteroatoms. The maximum atomic E-state index is 13.5. The van der Waals surface area contributed by atoms with Crippen molar-refractivity contribution in [2.75, 3.05) is 20.2 Å². The maximum absolute atomic E-state index is 13.5. The fraction of sp³-hybridized carbons (Fsp3) is 0.355. The molecule has 0 bridgehead atoms. The van der Waals surface area contributed by atoms with Crippen molar-refractivity contribution in [2.45, 2.75) is 51.3 Å². The highest BCUT2D eigenvalue weighted by molar-refractivity contribution is 7.08. The van der Waals surface area contributed by atoms with Gasteiger partial charge < -0.3 is 15.0 Å². The number of carbonyl (C=O) groups excluding carboxylic acids is 1. The molecule has 0 aliphatic carbocycles. The van der Waals surface area contributed by atoms with Crippen molar-refractivity contribution in [3.63, 3.8) is 0 Å². The van der Waals surface area contributed by atoms with Gasteiger partial charge in [-0.05, 0) is 61.5 Å². The van der Waals surface area contributed by atoms with Gasteiger partial charge in [-0.2, -0.15) is 11.3 Å². The Morgan fingerprint density at radius 1 is 1.14 bits per heavy atom. The van der Waals surface area contributed by atoms with E-state index in [2.05, 4.69) is 59.2 Å². The molecule has 5 rings (SSSR count). The number of nitrogens with one attached hydrogen (secondary N) is 1. The summed E-state index contributed by atoms with van der Waals surface area (Å²) in [7, 11) is 2.17. The molecular formula is C31H35N3O2S. The number of pyridine rings is 1. The second kappa shape index (κ2) is 12.0. The van der Waals surface area contributed by atoms with E-state index < -0.39 is 0 Å². The Labute approximate surface area is 223 Å². The molecule has 0 saturated carbocycles. The van der Waals surface area contributed by atoms with E-state index in [1.807, 2.05) is 36.4 Å². The zero-order chi connectivity index (χ0) is 25.6. The number of amides is 1. The Balaban J connectivity index is 1.48. The molecule has 0 radical (unpaired) electrons. The smallest absolute Gasteiger partial charge is 0.224 e. The van der Waals surface area contributed by atoms with E-state index in [-0.39, 0.29) is 18.4 Å². The van der Waals surface area contributed by atoms with Gasteiger partial charge in [0.05, 0.1) is 36.9 Å². The summed E-state index contributed by atoms with van der Waals surface area (Å²) < 4.78 is 6.35. The van der Waals surface area contributed by atoms with Gasteiger partial charge in [0.25, 0.3) is 0 Å². The van der Waals surface area contributed by atoms with Gasteiger partial charge in [0, 0.05) is 27.9 Å². The minimum absolute atomic E-state index is 0.0140. The summed E-state index contributed by atoms with van der Waals surface area (Å²) in [6, 6.07) is 20.8. The predicted molar refractivity (Wildman–Crippen MR) is 152 cm³/mol. The van der Waals surface area contributed by atoms with Gasteiger partial charge in [0.2, 0.25) is 5.91 Å². The van der Waals surface area contributed by atoms with Crippen LogP contribution in [-0.2, 0) is 22.6 Å². The minimum Gasteiger partial charge on any atom is -0.375 e. The lowest BCUT2D eigenvalue weighted by Gasteiger charge is -2.22. The first kappa shape index (κ1) is 25.6. The van der Waals surface area contributed by atoms with Crippen LogP contribution in [0.1, 0.15) is 48.9 Å². The van der Waals surface area contributed by atoms with Crippen LogP contribution in [0.15, 0.2) is 71.4 Å². The van der Waals surface area contributed by atoms with Crippen LogP contribution in [-0.4, -0.2) is 42.0 Å². The second-order valence-electron chi connectivity index (χ2n) is 9.85. The van der Waals surface area contributed by atoms with E-state index in [4.69, 9.17) is 9.72 Å². The van der Waals surface area contributed by atoms with Gasteiger partial charge in [0.1, 0.15) is 0 Å². The number of carbonyl (C=O) groups is 1. The lowest BCUT2D eigenvalue weighted by Crippen LogP contribution is -2.30. The van der Waals surface area contributed by atoms with Gasteiger partial charge >= 0.3 is 0 Å². The number of thiophene rings is 1. The fourth-order valence-corrected chi connectivity index (χ4v) is 5.95. The van der Waals surface area contributed by atoms with Crippen molar-refractivity contribution in [1.82, 2.24) is 15.2 Å². The normalized spacial score (nSPS) is 16.8. The van der Waals surface area contributed by atoms with Crippen LogP contribution in [0.4, 0.5) is 0 Å². The van der Waals surface area contributed by atoms with Crippen molar-refractivity contribution in [3.8, 4) is 11.3 Å². The molecule has 0 unspecified atom stereocenters. The van der Waals surface area contributed by atoms with E-state index in [0.717, 1.165) is 58.2 Å². The molecule has 5 nitrogen and oxygen atoms in total. The number of benzene rings is 2. The molecule has 1 aliphatic rings. The average Bonchev–Trinajstić information content (AvgIpc) is 3.61. The Bertz CT molecular complexity index is 1320. The average molecular weight is 514 g/mol. The zero-order valence-electron chi connectivity index (χ0n) is 21.7. The third kappa shape index (κ3) is 5.93. The summed E-state index contributed by atoms with van der Waals surface area (Å²) in [5, 5.41) is 8.49. The van der Waals surface area contributed by atoms with Gasteiger partial charge in [-0.1, -0.05) is 55.5 Å². The summed E-state index contributed by atoms with van der Waals surface area (Å²) >= 11 is 1.66. The second-order valence-corrected chi connectivity index (χ2v) is 10.6. The molecule has 1 N–H and O–H groups in total. The molecule has 4 aromatic rings. The number of fused-ring (bicyclic) bond motifs is 1. The Kier molecular flexibility index (Phi) is 8.29. The third-order valence-electron chi connectivity index (χ3n) is 7.42. The van der Waals surface area contributed by atoms with Crippen molar-refractivity contribution < 1.29 is 9.53 Å². The van der Waals surface area contributed by atoms with Crippen molar-refractivity contribution in [1.29, 1.82) is 0 Å². The lowest BCUT2D eigenvalue weighted by molar-refractivity contribution is -0.121. The van der Waals surface area contributed by atoms with Crippen molar-refractivity contribution in [3.05, 3.63) is 88.1 Å². The van der Waals surface area contributed by atoms with E-state index in [1.165, 1.54) is 6.42 Å². The van der Waals surface area contributed by atoms with Gasteiger partial charge in [-0.15, -0.1) is 0 Å². The first-order valence-electron chi connectivity index (χ1n) is 13.2. The van der Waals surface area contributed by atoms with E-state index in [1.54, 1.807) is 11.3 Å². The van der Waals surface area contributed by atoms with Crippen LogP contribution in [0, 0.1) is 0 Å². The van der Waals surface area contributed by atoms with Gasteiger partial charge in [-0.3, -0.25) is 4.79 Å². The number of aromatic nitrogens is 1. The number of para-hydroxylation sites is 1. The number of rotatable bonds is 10. The topological polar surface area (TPSA) is 54.5 Å². The predicted octanol–water partition coefficient (Wildman–Crippen LogP) is 6.38. The molecule has 192 valence electrons. The summed E-state index contributed by atoms with van der Waals surface area (Å²) in [6.07, 6.45) is 3.49. The van der Waals surface area contributed by atoms with Crippen molar-refractivity contribution >= 4 is 28.1 Å². The van der Waals surface area contributed by atoms with Crippen LogP contribution < -0.4 is 5.32 Å². The highest BCUT2D eigenvalue weighted by Crippen LogP contribution is 2.33. The molecule has 1 aliphatic heterocycles. The molecule has 37 heavy (non-hydrogen) atoms. The van der Waals surface area contributed by atoms with Crippen LogP contribution in [0.2, 0.25) is 0 Å². The molecule has 2 atom stereocenters. The maximum Gasteiger partial charge on any atom is 0.224 e. The van der Waals surface area contributed by atoms with Crippen LogP contribution in [0.5, 0.6) is 0 Å². The number of likely N-dealkylation sites (tertiary alicyclic amines) is 1. The quantitative estimate of drug-likeness (QED) is 0.267. The first-order valence-corrected chi connectivity index (χ1v) is 14.1. The third-order valence-corrected chi connectivity index (χ3v) is 8.10. The van der Waals surface area contributed by atoms with Gasteiger partial charge in [-0.25, -0.2) is 4.98 Å². The van der Waals surface area contributed by atoms with Crippen molar-refractivity contribution in [2.24, 2.45) is 0 Å². The number of likely N-dealkylation sites (N-methyl/N-ethyl adjacent to an activating group) is 1. The summed E-state index contributed by atoms with van der Waals surface area (Å²) in [5.74, 6) is 0.0140. The molecule has 2 aromatic carbocycles. The number of hydrogen-bond acceptors (Lipinski definition) is 5. The lowest BCUT2D eigenvalue weighted by atomic mass is 9.95. The highest BCUT2D eigenvalue weighted by Gasteiger charge is 2.23. The van der Waals surface area contributed by atoms with Gasteiger partial charge in [0.15, 0.2) is 0 Å². The number of hydrogen-bond donors (Lipinski definition) is 1. The first-order chi connectivity index (χ1) is 18.1. The Morgan fingerprint density at radius 2 is 1.95 bits per heavy atom. The molecule has 1 amide bonds. The van der Waals surface area contributed by atoms with E-state index >= 15 is 0 Å². The summed E-state index contributed by atoms with van der Waals surface area (Å²) in [5.41, 5.74) is 6.04. The van der Waals surface area contributed by atoms with E-state index in [0.29, 0.717) is 19.3 Å². The molecular weight excluding hydrogens is 478 g/mol. The fourth-order valence-electron chi connectivity index (χ4n) is 5.31. The zero-order valence-corrected chi connectivity index (χ0v) is 22.5. The monoisotopic (exact) mass is 513 g/mol. The van der Waals surface area contributed by atoms with Crippen LogP contribution in [0.25, 0.3) is 22.2 Å². The van der Waals surface area contributed by atoms with Crippen LogP contribution >= 0.6 is 11.3 Å². The Hall–Kier alpha value is -3.06. The number of ether oxygens (including phenoxy) is 1. The minimum atomic E-state index is -0.0178. The molecule has 3 heterocycles.